The highest BCUT2D eigenvalue weighted by atomic mass is 16.5. The Balaban J connectivity index is 1.19. The molecule has 10 atom stereocenters. The zero-order valence-corrected chi connectivity index (χ0v) is 17.8. The van der Waals surface area contributed by atoms with Crippen molar-refractivity contribution in [1.29, 1.82) is 0 Å². The quantitative estimate of drug-likeness (QED) is 0.525. The molecule has 5 fully saturated rings. The number of fused-ring (bicyclic) bond motifs is 9. The summed E-state index contributed by atoms with van der Waals surface area (Å²) in [6, 6.07) is 0. The minimum atomic E-state index is -0.119. The minimum absolute atomic E-state index is 0.0153. The Bertz CT molecular complexity index is 609. The first-order valence-corrected chi connectivity index (χ1v) is 12.1. The molecule has 4 bridgehead atoms. The van der Waals surface area contributed by atoms with E-state index < -0.39 is 0 Å². The lowest BCUT2D eigenvalue weighted by atomic mass is 9.59. The fourth-order valence-electron chi connectivity index (χ4n) is 8.81. The molecule has 4 aliphatic carbocycles. The smallest absolute Gasteiger partial charge is 0.311 e. The van der Waals surface area contributed by atoms with E-state index in [1.165, 1.54) is 38.5 Å². The molecule has 0 aromatic heterocycles. The van der Waals surface area contributed by atoms with Crippen molar-refractivity contribution in [3.63, 3.8) is 0 Å². The number of esters is 1. The van der Waals surface area contributed by atoms with Crippen molar-refractivity contribution >= 4 is 5.97 Å². The Labute approximate surface area is 170 Å². The number of hydrogen-bond donors (Lipinski definition) is 1. The monoisotopic (exact) mass is 389 g/mol. The maximum Gasteiger partial charge on any atom is 0.311 e. The molecule has 5 rings (SSSR count). The highest BCUT2D eigenvalue weighted by molar-refractivity contribution is 5.73. The first kappa shape index (κ1) is 19.4. The van der Waals surface area contributed by atoms with Crippen LogP contribution in [0.4, 0.5) is 0 Å². The fourth-order valence-corrected chi connectivity index (χ4v) is 8.81. The average Bonchev–Trinajstić information content (AvgIpc) is 3.51. The van der Waals surface area contributed by atoms with Crippen LogP contribution in [0.2, 0.25) is 0 Å². The Morgan fingerprint density at radius 2 is 1.89 bits per heavy atom. The van der Waals surface area contributed by atoms with Gasteiger partial charge >= 0.3 is 5.97 Å². The van der Waals surface area contributed by atoms with Gasteiger partial charge in [-0.1, -0.05) is 20.3 Å². The van der Waals surface area contributed by atoms with Gasteiger partial charge in [0.15, 0.2) is 0 Å². The van der Waals surface area contributed by atoms with Crippen molar-refractivity contribution in [2.75, 3.05) is 13.2 Å². The molecule has 5 aliphatic rings. The molecule has 158 valence electrons. The van der Waals surface area contributed by atoms with Crippen LogP contribution in [-0.4, -0.2) is 31.3 Å². The summed E-state index contributed by atoms with van der Waals surface area (Å²) in [5.74, 6) is 5.85. The van der Waals surface area contributed by atoms with Crippen LogP contribution in [0.3, 0.4) is 0 Å². The summed E-state index contributed by atoms with van der Waals surface area (Å²) < 4.78 is 11.8. The van der Waals surface area contributed by atoms with Crippen LogP contribution in [0.1, 0.15) is 71.6 Å². The molecule has 1 aliphatic heterocycles. The van der Waals surface area contributed by atoms with Gasteiger partial charge in [-0.15, -0.1) is 0 Å². The predicted molar refractivity (Wildman–Crippen MR) is 108 cm³/mol. The van der Waals surface area contributed by atoms with Crippen LogP contribution >= 0.6 is 0 Å². The number of rotatable bonds is 7. The third-order valence-corrected chi connectivity index (χ3v) is 9.92. The van der Waals surface area contributed by atoms with Gasteiger partial charge in [0.2, 0.25) is 0 Å². The molecule has 10 unspecified atom stereocenters. The highest BCUT2D eigenvalue weighted by Crippen LogP contribution is 2.73. The van der Waals surface area contributed by atoms with E-state index in [9.17, 15) is 4.79 Å². The summed E-state index contributed by atoms with van der Waals surface area (Å²) in [5, 5.41) is 0. The normalized spacial score (nSPS) is 51.0. The molecule has 1 heterocycles. The van der Waals surface area contributed by atoms with Gasteiger partial charge in [0, 0.05) is 6.54 Å². The zero-order chi connectivity index (χ0) is 19.5. The Morgan fingerprint density at radius 3 is 2.61 bits per heavy atom. The topological polar surface area (TPSA) is 61.5 Å². The van der Waals surface area contributed by atoms with Crippen molar-refractivity contribution in [2.45, 2.75) is 83.8 Å². The molecule has 0 amide bonds. The van der Waals surface area contributed by atoms with Crippen molar-refractivity contribution < 1.29 is 14.3 Å². The van der Waals surface area contributed by atoms with E-state index in [4.69, 9.17) is 15.2 Å². The molecule has 2 N–H and O–H groups in total. The second-order valence-corrected chi connectivity index (χ2v) is 10.7. The first-order chi connectivity index (χ1) is 13.6. The highest BCUT2D eigenvalue weighted by Gasteiger charge is 2.65. The molecule has 4 heteroatoms. The second kappa shape index (κ2) is 7.27. The molecule has 4 nitrogen and oxygen atoms in total. The third-order valence-electron chi connectivity index (χ3n) is 9.92. The third kappa shape index (κ3) is 2.80. The zero-order valence-electron chi connectivity index (χ0n) is 17.8. The second-order valence-electron chi connectivity index (χ2n) is 10.7. The van der Waals surface area contributed by atoms with Crippen molar-refractivity contribution in [1.82, 2.24) is 0 Å². The predicted octanol–water partition coefficient (Wildman–Crippen LogP) is 4.16. The summed E-state index contributed by atoms with van der Waals surface area (Å²) in [6.45, 7) is 5.56. The van der Waals surface area contributed by atoms with Gasteiger partial charge in [-0.25, -0.2) is 0 Å². The summed E-state index contributed by atoms with van der Waals surface area (Å²) in [4.78, 5) is 12.7. The molecule has 0 radical (unpaired) electrons. The summed E-state index contributed by atoms with van der Waals surface area (Å²) in [5.41, 5.74) is 6.19. The summed E-state index contributed by atoms with van der Waals surface area (Å²) in [6.07, 6.45) is 11.3. The van der Waals surface area contributed by atoms with Gasteiger partial charge in [-0.3, -0.25) is 4.79 Å². The molecule has 0 spiro atoms. The van der Waals surface area contributed by atoms with Gasteiger partial charge in [-0.2, -0.15) is 0 Å². The lowest BCUT2D eigenvalue weighted by molar-refractivity contribution is -0.152. The summed E-state index contributed by atoms with van der Waals surface area (Å²) >= 11 is 0. The number of hydrogen-bond acceptors (Lipinski definition) is 4. The van der Waals surface area contributed by atoms with Gasteiger partial charge in [0.1, 0.15) is 0 Å². The maximum absolute atomic E-state index is 12.7. The lowest BCUT2D eigenvalue weighted by Crippen LogP contribution is -2.40. The van der Waals surface area contributed by atoms with E-state index in [1.54, 1.807) is 0 Å². The van der Waals surface area contributed by atoms with Crippen LogP contribution in [-0.2, 0) is 14.3 Å². The molecular formula is C24H39NO3. The van der Waals surface area contributed by atoms with E-state index in [0.717, 1.165) is 54.8 Å². The Kier molecular flexibility index (Phi) is 5.02. The molecule has 28 heavy (non-hydrogen) atoms. The van der Waals surface area contributed by atoms with E-state index in [-0.39, 0.29) is 24.1 Å². The van der Waals surface area contributed by atoms with E-state index in [0.29, 0.717) is 18.6 Å². The molecular weight excluding hydrogens is 350 g/mol. The van der Waals surface area contributed by atoms with Crippen molar-refractivity contribution in [3.05, 3.63) is 0 Å². The van der Waals surface area contributed by atoms with Gasteiger partial charge in [0.05, 0.1) is 24.7 Å². The fraction of sp³-hybridized carbons (Fsp3) is 0.958. The van der Waals surface area contributed by atoms with E-state index in [1.807, 2.05) is 0 Å². The van der Waals surface area contributed by atoms with Crippen molar-refractivity contribution in [3.8, 4) is 0 Å². The van der Waals surface area contributed by atoms with Crippen LogP contribution < -0.4 is 5.73 Å². The Hall–Kier alpha value is -0.610. The molecule has 1 saturated heterocycles. The Morgan fingerprint density at radius 1 is 1.11 bits per heavy atom. The number of carbonyl (C=O) groups excluding carboxylic acids is 1. The van der Waals surface area contributed by atoms with Crippen molar-refractivity contribution in [2.24, 2.45) is 52.6 Å². The number of carbonyl (C=O) groups is 1. The van der Waals surface area contributed by atoms with Crippen LogP contribution in [0.5, 0.6) is 0 Å². The van der Waals surface area contributed by atoms with Gasteiger partial charge < -0.3 is 15.2 Å². The lowest BCUT2D eigenvalue weighted by Gasteiger charge is -2.46. The van der Waals surface area contributed by atoms with E-state index >= 15 is 0 Å². The largest absolute Gasteiger partial charge is 0.465 e. The molecule has 0 aromatic carbocycles. The SMILES string of the molecule is CCC1OC(CN)CC1C(=O)OCCC1(CC)CC2CC1C1C3CCC(C3)C21. The standard InChI is InChI=1S/C24H39NO3/c1-3-20-18(11-17(13-25)28-20)23(26)27-8-7-24(4-2)12-16-10-19(24)22-15-6-5-14(9-15)21(16)22/h14-22H,3-13,25H2,1-2H3. The minimum Gasteiger partial charge on any atom is -0.465 e. The van der Waals surface area contributed by atoms with Crippen LogP contribution in [0, 0.1) is 46.8 Å². The number of nitrogens with two attached hydrogens (primary N) is 1. The van der Waals surface area contributed by atoms with Crippen LogP contribution in [0.25, 0.3) is 0 Å². The van der Waals surface area contributed by atoms with Gasteiger partial charge in [0.25, 0.3) is 0 Å². The molecule has 4 saturated carbocycles. The summed E-state index contributed by atoms with van der Waals surface area (Å²) in [7, 11) is 0. The van der Waals surface area contributed by atoms with Crippen LogP contribution in [0.15, 0.2) is 0 Å². The van der Waals surface area contributed by atoms with Gasteiger partial charge in [-0.05, 0) is 92.3 Å². The first-order valence-electron chi connectivity index (χ1n) is 12.1. The van der Waals surface area contributed by atoms with E-state index in [2.05, 4.69) is 13.8 Å². The number of ether oxygens (including phenoxy) is 2. The average molecular weight is 390 g/mol. The molecule has 0 aromatic rings. The maximum atomic E-state index is 12.7.